The van der Waals surface area contributed by atoms with Crippen LogP contribution in [-0.4, -0.2) is 23.3 Å². The quantitative estimate of drug-likeness (QED) is 0.880. The normalized spacial score (nSPS) is 10.3. The second-order valence-corrected chi connectivity index (χ2v) is 6.30. The lowest BCUT2D eigenvalue weighted by Crippen LogP contribution is -2.27. The van der Waals surface area contributed by atoms with E-state index in [1.54, 1.807) is 24.3 Å². The standard InChI is InChI=1S/C15H16ClN3O2S/c1-9-10(2)22-15(18-9)19-13(20)7-8-17-14(21)11-5-3-4-6-12(11)16/h3-6H,7-8H2,1-2H3,(H,17,21)(H,18,19,20). The average molecular weight is 338 g/mol. The van der Waals surface area contributed by atoms with Gasteiger partial charge in [0.15, 0.2) is 5.13 Å². The second-order valence-electron chi connectivity index (χ2n) is 4.69. The summed E-state index contributed by atoms with van der Waals surface area (Å²) < 4.78 is 0. The Labute approximate surface area is 137 Å². The summed E-state index contributed by atoms with van der Waals surface area (Å²) in [5.41, 5.74) is 1.31. The van der Waals surface area contributed by atoms with Gasteiger partial charge in [-0.2, -0.15) is 0 Å². The fraction of sp³-hybridized carbons (Fsp3) is 0.267. The van der Waals surface area contributed by atoms with Crippen LogP contribution in [0.1, 0.15) is 27.3 Å². The second kappa shape index (κ2) is 7.38. The van der Waals surface area contributed by atoms with Gasteiger partial charge in [-0.1, -0.05) is 23.7 Å². The maximum Gasteiger partial charge on any atom is 0.252 e. The van der Waals surface area contributed by atoms with Gasteiger partial charge in [-0.15, -0.1) is 11.3 Å². The lowest BCUT2D eigenvalue weighted by molar-refractivity contribution is -0.116. The van der Waals surface area contributed by atoms with Gasteiger partial charge in [0.2, 0.25) is 5.91 Å². The van der Waals surface area contributed by atoms with Gasteiger partial charge in [0.05, 0.1) is 16.3 Å². The smallest absolute Gasteiger partial charge is 0.252 e. The van der Waals surface area contributed by atoms with Crippen LogP contribution in [0.25, 0.3) is 0 Å². The minimum Gasteiger partial charge on any atom is -0.351 e. The van der Waals surface area contributed by atoms with Crippen molar-refractivity contribution in [2.24, 2.45) is 0 Å². The molecule has 1 heterocycles. The van der Waals surface area contributed by atoms with Gasteiger partial charge < -0.3 is 10.6 Å². The van der Waals surface area contributed by atoms with Crippen LogP contribution in [0.15, 0.2) is 24.3 Å². The molecule has 2 N–H and O–H groups in total. The van der Waals surface area contributed by atoms with E-state index >= 15 is 0 Å². The summed E-state index contributed by atoms with van der Waals surface area (Å²) in [5.74, 6) is -0.479. The topological polar surface area (TPSA) is 71.1 Å². The summed E-state index contributed by atoms with van der Waals surface area (Å²) in [6.07, 6.45) is 0.174. The van der Waals surface area contributed by atoms with Crippen LogP contribution in [0.2, 0.25) is 5.02 Å². The first-order chi connectivity index (χ1) is 10.5. The van der Waals surface area contributed by atoms with E-state index in [1.807, 2.05) is 13.8 Å². The molecule has 1 aromatic carbocycles. The van der Waals surface area contributed by atoms with E-state index in [4.69, 9.17) is 11.6 Å². The zero-order chi connectivity index (χ0) is 16.1. The minimum atomic E-state index is -0.292. The van der Waals surface area contributed by atoms with Crippen molar-refractivity contribution in [1.82, 2.24) is 10.3 Å². The minimum absolute atomic E-state index is 0.174. The molecule has 0 spiro atoms. The van der Waals surface area contributed by atoms with Gasteiger partial charge in [-0.3, -0.25) is 9.59 Å². The van der Waals surface area contributed by atoms with Crippen LogP contribution in [-0.2, 0) is 4.79 Å². The van der Waals surface area contributed by atoms with E-state index in [0.29, 0.717) is 15.7 Å². The number of carbonyl (C=O) groups is 2. The SMILES string of the molecule is Cc1nc(NC(=O)CCNC(=O)c2ccccc2Cl)sc1C. The number of rotatable bonds is 5. The van der Waals surface area contributed by atoms with Gasteiger partial charge >= 0.3 is 0 Å². The molecule has 0 fully saturated rings. The monoisotopic (exact) mass is 337 g/mol. The average Bonchev–Trinajstić information content (AvgIpc) is 2.77. The molecule has 1 aromatic heterocycles. The van der Waals surface area contributed by atoms with Crippen molar-refractivity contribution in [1.29, 1.82) is 0 Å². The molecule has 0 aliphatic heterocycles. The van der Waals surface area contributed by atoms with E-state index in [-0.39, 0.29) is 24.8 Å². The Hall–Kier alpha value is -1.92. The molecule has 0 atom stereocenters. The third kappa shape index (κ3) is 4.29. The summed E-state index contributed by atoms with van der Waals surface area (Å²) in [4.78, 5) is 29.0. The van der Waals surface area contributed by atoms with Crippen LogP contribution < -0.4 is 10.6 Å². The number of thiazole rings is 1. The largest absolute Gasteiger partial charge is 0.351 e. The van der Waals surface area contributed by atoms with Gasteiger partial charge in [-0.05, 0) is 26.0 Å². The first-order valence-corrected chi connectivity index (χ1v) is 7.93. The molecule has 22 heavy (non-hydrogen) atoms. The molecular formula is C15H16ClN3O2S. The Balaban J connectivity index is 1.80. The molecule has 0 radical (unpaired) electrons. The molecule has 2 rings (SSSR count). The summed E-state index contributed by atoms with van der Waals surface area (Å²) in [5, 5.41) is 6.36. The number of carbonyl (C=O) groups excluding carboxylic acids is 2. The highest BCUT2D eigenvalue weighted by Crippen LogP contribution is 2.21. The number of amides is 2. The highest BCUT2D eigenvalue weighted by molar-refractivity contribution is 7.15. The summed E-state index contributed by atoms with van der Waals surface area (Å²) in [6, 6.07) is 6.78. The van der Waals surface area contributed by atoms with E-state index in [1.165, 1.54) is 11.3 Å². The van der Waals surface area contributed by atoms with Crippen molar-refractivity contribution < 1.29 is 9.59 Å². The van der Waals surface area contributed by atoms with Crippen LogP contribution >= 0.6 is 22.9 Å². The van der Waals surface area contributed by atoms with Gasteiger partial charge in [0.1, 0.15) is 0 Å². The fourth-order valence-electron chi connectivity index (χ4n) is 1.74. The third-order valence-corrected chi connectivity index (χ3v) is 4.35. The van der Waals surface area contributed by atoms with Crippen molar-refractivity contribution in [3.8, 4) is 0 Å². The Morgan fingerprint density at radius 1 is 1.27 bits per heavy atom. The zero-order valence-corrected chi connectivity index (χ0v) is 13.8. The molecule has 0 saturated carbocycles. The zero-order valence-electron chi connectivity index (χ0n) is 12.3. The van der Waals surface area contributed by atoms with E-state index in [9.17, 15) is 9.59 Å². The maximum atomic E-state index is 11.9. The fourth-order valence-corrected chi connectivity index (χ4v) is 2.79. The molecule has 2 amide bonds. The Morgan fingerprint density at radius 3 is 2.64 bits per heavy atom. The number of anilines is 1. The predicted octanol–water partition coefficient (Wildman–Crippen LogP) is 3.17. The number of hydrogen-bond acceptors (Lipinski definition) is 4. The van der Waals surface area contributed by atoms with Gasteiger partial charge in [0.25, 0.3) is 5.91 Å². The summed E-state index contributed by atoms with van der Waals surface area (Å²) in [7, 11) is 0. The van der Waals surface area contributed by atoms with Crippen LogP contribution in [0.5, 0.6) is 0 Å². The number of halogens is 1. The molecule has 0 aliphatic carbocycles. The van der Waals surface area contributed by atoms with Crippen molar-refractivity contribution in [2.45, 2.75) is 20.3 Å². The lowest BCUT2D eigenvalue weighted by atomic mass is 10.2. The Morgan fingerprint density at radius 2 is 2.00 bits per heavy atom. The highest BCUT2D eigenvalue weighted by Gasteiger charge is 2.11. The molecule has 7 heteroatoms. The predicted molar refractivity (Wildman–Crippen MR) is 88.6 cm³/mol. The Bertz CT molecular complexity index is 680. The highest BCUT2D eigenvalue weighted by atomic mass is 35.5. The number of aromatic nitrogens is 1. The number of aryl methyl sites for hydroxylation is 2. The van der Waals surface area contributed by atoms with Crippen LogP contribution in [0.4, 0.5) is 5.13 Å². The summed E-state index contributed by atoms with van der Waals surface area (Å²) >= 11 is 7.37. The third-order valence-electron chi connectivity index (χ3n) is 3.03. The summed E-state index contributed by atoms with van der Waals surface area (Å²) in [6.45, 7) is 4.08. The van der Waals surface area contributed by atoms with E-state index in [0.717, 1.165) is 10.6 Å². The molecule has 2 aromatic rings. The Kier molecular flexibility index (Phi) is 5.51. The molecule has 0 saturated heterocycles. The van der Waals surface area contributed by atoms with Crippen molar-refractivity contribution in [3.63, 3.8) is 0 Å². The number of nitrogens with zero attached hydrogens (tertiary/aromatic N) is 1. The van der Waals surface area contributed by atoms with Crippen molar-refractivity contribution in [3.05, 3.63) is 45.4 Å². The van der Waals surface area contributed by atoms with Gasteiger partial charge in [-0.25, -0.2) is 4.98 Å². The molecule has 0 bridgehead atoms. The molecule has 116 valence electrons. The van der Waals surface area contributed by atoms with E-state index < -0.39 is 0 Å². The maximum absolute atomic E-state index is 11.9. The van der Waals surface area contributed by atoms with Crippen LogP contribution in [0.3, 0.4) is 0 Å². The molecular weight excluding hydrogens is 322 g/mol. The molecule has 0 unspecified atom stereocenters. The first-order valence-electron chi connectivity index (χ1n) is 6.74. The number of hydrogen-bond donors (Lipinski definition) is 2. The first kappa shape index (κ1) is 16.5. The lowest BCUT2D eigenvalue weighted by Gasteiger charge is -2.06. The van der Waals surface area contributed by atoms with Crippen molar-refractivity contribution in [2.75, 3.05) is 11.9 Å². The molecule has 5 nitrogen and oxygen atoms in total. The number of nitrogens with one attached hydrogen (secondary N) is 2. The molecule has 0 aliphatic rings. The van der Waals surface area contributed by atoms with Crippen molar-refractivity contribution >= 4 is 39.9 Å². The van der Waals surface area contributed by atoms with E-state index in [2.05, 4.69) is 15.6 Å². The van der Waals surface area contributed by atoms with Crippen LogP contribution in [0, 0.1) is 13.8 Å². The van der Waals surface area contributed by atoms with Gasteiger partial charge in [0, 0.05) is 17.8 Å². The number of benzene rings is 1.